The van der Waals surface area contributed by atoms with Crippen LogP contribution in [0.4, 0.5) is 0 Å². The molecule has 0 aliphatic rings. The molecule has 0 atom stereocenters. The molecule has 0 unspecified atom stereocenters. The molecule has 0 saturated heterocycles. The normalized spacial score (nSPS) is 11.8. The van der Waals surface area contributed by atoms with Crippen LogP contribution in [0.25, 0.3) is 10.2 Å². The minimum absolute atomic E-state index is 0.614. The van der Waals surface area contributed by atoms with Gasteiger partial charge in [0.05, 0.1) is 0 Å². The number of hydrogen-bond acceptors (Lipinski definition) is 3. The van der Waals surface area contributed by atoms with Crippen LogP contribution < -0.4 is 0 Å². The van der Waals surface area contributed by atoms with Gasteiger partial charge in [0.15, 0.2) is 0 Å². The predicted octanol–water partition coefficient (Wildman–Crippen LogP) is 3.18. The van der Waals surface area contributed by atoms with Gasteiger partial charge in [0, 0.05) is 24.2 Å². The van der Waals surface area contributed by atoms with Crippen LogP contribution >= 0.6 is 11.3 Å². The molecule has 0 spiro atoms. The van der Waals surface area contributed by atoms with Crippen molar-refractivity contribution < 1.29 is 0 Å². The second-order valence-corrected chi connectivity index (χ2v) is 5.30. The Morgan fingerprint density at radius 1 is 1.44 bits per heavy atom. The van der Waals surface area contributed by atoms with E-state index >= 15 is 0 Å². The van der Waals surface area contributed by atoms with Gasteiger partial charge in [-0.25, -0.2) is 4.98 Å². The Balaban J connectivity index is 2.10. The lowest BCUT2D eigenvalue weighted by Crippen LogP contribution is -2.28. The maximum absolute atomic E-state index is 4.37. The van der Waals surface area contributed by atoms with Crippen molar-refractivity contribution in [2.75, 3.05) is 13.6 Å². The van der Waals surface area contributed by atoms with E-state index in [1.165, 1.54) is 10.9 Å². The van der Waals surface area contributed by atoms with Crippen molar-refractivity contribution in [2.24, 2.45) is 0 Å². The summed E-state index contributed by atoms with van der Waals surface area (Å²) in [6.45, 7) is 5.57. The first kappa shape index (κ1) is 11.6. The second-order valence-electron chi connectivity index (χ2n) is 4.44. The Morgan fingerprint density at radius 3 is 3.00 bits per heavy atom. The van der Waals surface area contributed by atoms with Gasteiger partial charge in [-0.05, 0) is 44.3 Å². The maximum Gasteiger partial charge on any atom is 0.123 e. The zero-order chi connectivity index (χ0) is 11.5. The Labute approximate surface area is 101 Å². The molecular formula is C13H18N2S. The van der Waals surface area contributed by atoms with Gasteiger partial charge in [-0.2, -0.15) is 0 Å². The van der Waals surface area contributed by atoms with Gasteiger partial charge in [0.25, 0.3) is 0 Å². The number of aromatic nitrogens is 1. The van der Waals surface area contributed by atoms with Gasteiger partial charge in [0.2, 0.25) is 0 Å². The number of nitrogens with zero attached hydrogens (tertiary/aromatic N) is 2. The molecule has 86 valence electrons. The summed E-state index contributed by atoms with van der Waals surface area (Å²) < 4.78 is 0. The van der Waals surface area contributed by atoms with Gasteiger partial charge < -0.3 is 4.90 Å². The van der Waals surface area contributed by atoms with Crippen molar-refractivity contribution in [1.82, 2.24) is 9.88 Å². The number of pyridine rings is 1. The molecule has 3 heteroatoms. The number of hydrogen-bond donors (Lipinski definition) is 0. The highest BCUT2D eigenvalue weighted by Crippen LogP contribution is 2.24. The van der Waals surface area contributed by atoms with Crippen molar-refractivity contribution in [3.63, 3.8) is 0 Å². The molecule has 0 amide bonds. The van der Waals surface area contributed by atoms with Crippen molar-refractivity contribution >= 4 is 21.6 Å². The summed E-state index contributed by atoms with van der Waals surface area (Å²) in [6, 6.07) is 4.80. The zero-order valence-corrected chi connectivity index (χ0v) is 10.9. The lowest BCUT2D eigenvalue weighted by molar-refractivity contribution is 0.278. The molecule has 0 radical (unpaired) electrons. The van der Waals surface area contributed by atoms with E-state index in [-0.39, 0.29) is 0 Å². The van der Waals surface area contributed by atoms with Crippen molar-refractivity contribution in [3.8, 4) is 0 Å². The third kappa shape index (κ3) is 2.42. The lowest BCUT2D eigenvalue weighted by Gasteiger charge is -2.20. The number of thiophene rings is 1. The molecule has 16 heavy (non-hydrogen) atoms. The van der Waals surface area contributed by atoms with E-state index < -0.39 is 0 Å². The minimum Gasteiger partial charge on any atom is -0.304 e. The van der Waals surface area contributed by atoms with Crippen LogP contribution in [-0.4, -0.2) is 29.5 Å². The number of fused-ring (bicyclic) bond motifs is 1. The smallest absolute Gasteiger partial charge is 0.123 e. The summed E-state index contributed by atoms with van der Waals surface area (Å²) in [4.78, 5) is 7.90. The summed E-state index contributed by atoms with van der Waals surface area (Å²) in [5.74, 6) is 0. The first-order valence-corrected chi connectivity index (χ1v) is 6.58. The Morgan fingerprint density at radius 2 is 2.25 bits per heavy atom. The van der Waals surface area contributed by atoms with E-state index in [2.05, 4.69) is 42.2 Å². The molecular weight excluding hydrogens is 216 g/mol. The summed E-state index contributed by atoms with van der Waals surface area (Å²) in [7, 11) is 2.18. The van der Waals surface area contributed by atoms with E-state index in [4.69, 9.17) is 0 Å². The highest BCUT2D eigenvalue weighted by Gasteiger charge is 2.07. The molecule has 2 rings (SSSR count). The van der Waals surface area contributed by atoms with Gasteiger partial charge >= 0.3 is 0 Å². The third-order valence-corrected chi connectivity index (χ3v) is 4.00. The fourth-order valence-corrected chi connectivity index (χ4v) is 2.61. The molecule has 0 fully saturated rings. The minimum atomic E-state index is 0.614. The molecule has 0 aliphatic heterocycles. The van der Waals surface area contributed by atoms with Crippen molar-refractivity contribution in [1.29, 1.82) is 0 Å². The van der Waals surface area contributed by atoms with Gasteiger partial charge in [-0.1, -0.05) is 6.07 Å². The fourth-order valence-electron chi connectivity index (χ4n) is 1.67. The van der Waals surface area contributed by atoms with Crippen LogP contribution in [0.5, 0.6) is 0 Å². The SMILES string of the molecule is CC(C)N(C)CCc1csc2ncccc12. The van der Waals surface area contributed by atoms with Crippen LogP contribution in [0.3, 0.4) is 0 Å². The van der Waals surface area contributed by atoms with Gasteiger partial charge in [0.1, 0.15) is 4.83 Å². The monoisotopic (exact) mass is 234 g/mol. The number of likely N-dealkylation sites (N-methyl/N-ethyl adjacent to an activating group) is 1. The molecule has 0 aromatic carbocycles. The van der Waals surface area contributed by atoms with Crippen LogP contribution in [-0.2, 0) is 6.42 Å². The molecule has 0 saturated carbocycles. The Kier molecular flexibility index (Phi) is 3.56. The standard InChI is InChI=1S/C13H18N2S/c1-10(2)15(3)8-6-11-9-16-13-12(11)5-4-7-14-13/h4-5,7,9-10H,6,8H2,1-3H3. The van der Waals surface area contributed by atoms with Crippen LogP contribution in [0.1, 0.15) is 19.4 Å². The lowest BCUT2D eigenvalue weighted by atomic mass is 10.1. The largest absolute Gasteiger partial charge is 0.304 e. The highest BCUT2D eigenvalue weighted by molar-refractivity contribution is 7.16. The molecule has 0 aliphatic carbocycles. The van der Waals surface area contributed by atoms with Crippen LogP contribution in [0, 0.1) is 0 Å². The summed E-state index contributed by atoms with van der Waals surface area (Å²) in [6.07, 6.45) is 2.98. The molecule has 2 nitrogen and oxygen atoms in total. The van der Waals surface area contributed by atoms with Crippen LogP contribution in [0.15, 0.2) is 23.7 Å². The zero-order valence-electron chi connectivity index (χ0n) is 10.1. The van der Waals surface area contributed by atoms with E-state index in [1.807, 2.05) is 12.3 Å². The van der Waals surface area contributed by atoms with E-state index in [9.17, 15) is 0 Å². The average Bonchev–Trinajstić information content (AvgIpc) is 2.69. The Bertz CT molecular complexity index is 462. The Hall–Kier alpha value is -0.930. The van der Waals surface area contributed by atoms with E-state index in [1.54, 1.807) is 11.3 Å². The first-order valence-electron chi connectivity index (χ1n) is 5.70. The summed E-state index contributed by atoms with van der Waals surface area (Å²) >= 11 is 1.74. The summed E-state index contributed by atoms with van der Waals surface area (Å²) in [5, 5.41) is 3.57. The van der Waals surface area contributed by atoms with E-state index in [0.717, 1.165) is 17.8 Å². The average molecular weight is 234 g/mol. The van der Waals surface area contributed by atoms with E-state index in [0.29, 0.717) is 6.04 Å². The second kappa shape index (κ2) is 4.93. The first-order chi connectivity index (χ1) is 7.68. The van der Waals surface area contributed by atoms with Gasteiger partial charge in [-0.3, -0.25) is 0 Å². The van der Waals surface area contributed by atoms with Crippen molar-refractivity contribution in [3.05, 3.63) is 29.3 Å². The molecule has 0 N–H and O–H groups in total. The maximum atomic E-state index is 4.37. The molecule has 2 heterocycles. The fraction of sp³-hybridized carbons (Fsp3) is 0.462. The third-order valence-electron chi connectivity index (χ3n) is 3.05. The molecule has 0 bridgehead atoms. The molecule has 2 aromatic rings. The molecule has 2 aromatic heterocycles. The topological polar surface area (TPSA) is 16.1 Å². The van der Waals surface area contributed by atoms with Gasteiger partial charge in [-0.15, -0.1) is 11.3 Å². The highest BCUT2D eigenvalue weighted by atomic mass is 32.1. The summed E-state index contributed by atoms with van der Waals surface area (Å²) in [5.41, 5.74) is 1.43. The predicted molar refractivity (Wildman–Crippen MR) is 71.1 cm³/mol. The van der Waals surface area contributed by atoms with Crippen LogP contribution in [0.2, 0.25) is 0 Å². The quantitative estimate of drug-likeness (QED) is 0.807. The van der Waals surface area contributed by atoms with Crippen molar-refractivity contribution in [2.45, 2.75) is 26.3 Å². The number of rotatable bonds is 4.